The van der Waals surface area contributed by atoms with Crippen molar-refractivity contribution in [2.45, 2.75) is 113 Å². The van der Waals surface area contributed by atoms with E-state index in [1.807, 2.05) is 0 Å². The van der Waals surface area contributed by atoms with Crippen molar-refractivity contribution in [2.24, 2.45) is 50.2 Å². The van der Waals surface area contributed by atoms with E-state index in [9.17, 15) is 9.59 Å². The molecule has 0 aliphatic heterocycles. The van der Waals surface area contributed by atoms with Gasteiger partial charge >= 0.3 is 0 Å². The number of carbonyl (C=O) groups is 2. The monoisotopic (exact) mass is 438 g/mol. The van der Waals surface area contributed by atoms with Crippen LogP contribution in [0.4, 0.5) is 0 Å². The molecule has 5 aliphatic rings. The highest BCUT2D eigenvalue weighted by Crippen LogP contribution is 2.75. The third-order valence-corrected chi connectivity index (χ3v) is 12.6. The quantitative estimate of drug-likeness (QED) is 0.366. The first-order chi connectivity index (χ1) is 14.6. The van der Waals surface area contributed by atoms with Gasteiger partial charge in [0.25, 0.3) is 0 Å². The summed E-state index contributed by atoms with van der Waals surface area (Å²) in [5.41, 5.74) is 1.66. The lowest BCUT2D eigenvalue weighted by Gasteiger charge is -2.71. The molecular formula is C30H46O2. The van der Waals surface area contributed by atoms with E-state index in [1.165, 1.54) is 24.8 Å². The number of rotatable bonds is 0. The molecule has 7 atom stereocenters. The molecule has 5 rings (SSSR count). The van der Waals surface area contributed by atoms with E-state index in [-0.39, 0.29) is 32.5 Å². The van der Waals surface area contributed by atoms with Gasteiger partial charge in [-0.25, -0.2) is 0 Å². The highest BCUT2D eigenvalue weighted by atomic mass is 16.1. The zero-order valence-electron chi connectivity index (χ0n) is 22.0. The second-order valence-electron chi connectivity index (χ2n) is 14.8. The maximum absolute atomic E-state index is 13.9. The molecule has 0 saturated heterocycles. The molecule has 32 heavy (non-hydrogen) atoms. The van der Waals surface area contributed by atoms with E-state index < -0.39 is 0 Å². The fourth-order valence-corrected chi connectivity index (χ4v) is 10.2. The average molecular weight is 439 g/mol. The molecule has 0 aromatic rings. The van der Waals surface area contributed by atoms with Gasteiger partial charge in [0.1, 0.15) is 11.6 Å². The van der Waals surface area contributed by atoms with Gasteiger partial charge in [0.05, 0.1) is 0 Å². The molecule has 0 radical (unpaired) electrons. The Morgan fingerprint density at radius 3 is 2.09 bits per heavy atom. The molecule has 0 aromatic heterocycles. The van der Waals surface area contributed by atoms with Gasteiger partial charge in [-0.1, -0.05) is 60.1 Å². The predicted octanol–water partition coefficient (Wildman–Crippen LogP) is 7.56. The molecule has 5 aliphatic carbocycles. The second-order valence-corrected chi connectivity index (χ2v) is 14.8. The van der Waals surface area contributed by atoms with Gasteiger partial charge in [-0.05, 0) is 91.3 Å². The average Bonchev–Trinajstić information content (AvgIpc) is 2.68. The zero-order valence-corrected chi connectivity index (χ0v) is 22.0. The Hall–Kier alpha value is -0.920. The van der Waals surface area contributed by atoms with Gasteiger partial charge in [0.15, 0.2) is 0 Å². The summed E-state index contributed by atoms with van der Waals surface area (Å²) in [5.74, 6) is 2.60. The zero-order chi connectivity index (χ0) is 23.5. The normalized spacial score (nSPS) is 51.6. The molecule has 0 bridgehead atoms. The Kier molecular flexibility index (Phi) is 4.57. The van der Waals surface area contributed by atoms with Crippen LogP contribution < -0.4 is 0 Å². The van der Waals surface area contributed by atoms with Crippen LogP contribution in [-0.4, -0.2) is 11.6 Å². The maximum Gasteiger partial charge on any atom is 0.143 e. The van der Waals surface area contributed by atoms with Crippen molar-refractivity contribution in [1.82, 2.24) is 0 Å². The van der Waals surface area contributed by atoms with Crippen LogP contribution in [0, 0.1) is 50.2 Å². The van der Waals surface area contributed by atoms with Crippen molar-refractivity contribution >= 4 is 11.6 Å². The van der Waals surface area contributed by atoms with Crippen molar-refractivity contribution in [3.05, 3.63) is 11.6 Å². The molecule has 2 nitrogen and oxygen atoms in total. The predicted molar refractivity (Wildman–Crippen MR) is 130 cm³/mol. The molecule has 2 heteroatoms. The Morgan fingerprint density at radius 1 is 0.719 bits per heavy atom. The van der Waals surface area contributed by atoms with E-state index in [4.69, 9.17) is 0 Å². The first-order valence-electron chi connectivity index (χ1n) is 13.4. The SMILES string of the molecule is CC1(C)C=C2[C@H]3CC[C@@H]4[C@@]5(C)CCC(=O)C(C)(C)[C@@H]5CC[C@@]4(C)[C@]3(C)CC(=O)[C@@]2(C)CC1. The van der Waals surface area contributed by atoms with Gasteiger partial charge in [-0.2, -0.15) is 0 Å². The minimum absolute atomic E-state index is 0.0331. The van der Waals surface area contributed by atoms with Crippen LogP contribution in [0.2, 0.25) is 0 Å². The van der Waals surface area contributed by atoms with Crippen molar-refractivity contribution in [1.29, 1.82) is 0 Å². The molecule has 0 aromatic carbocycles. The standard InChI is InChI=1S/C30H46O2/c1-25(2)15-16-27(5)20(17-25)19-9-10-22-28(6)13-12-23(31)26(3,4)21(28)11-14-29(22,7)30(19,8)18-24(27)32/h17,19,21-22H,9-16,18H2,1-8H3/t19-,21+,22-,27+,28+,29-,30-/m1/s1. The fraction of sp³-hybridized carbons (Fsp3) is 0.867. The number of hydrogen-bond donors (Lipinski definition) is 0. The molecule has 0 N–H and O–H groups in total. The van der Waals surface area contributed by atoms with E-state index in [1.54, 1.807) is 0 Å². The van der Waals surface area contributed by atoms with Crippen LogP contribution in [-0.2, 0) is 9.59 Å². The van der Waals surface area contributed by atoms with E-state index >= 15 is 0 Å². The van der Waals surface area contributed by atoms with Crippen molar-refractivity contribution in [2.75, 3.05) is 0 Å². The molecule has 0 spiro atoms. The molecule has 4 fully saturated rings. The Bertz CT molecular complexity index is 908. The number of fused-ring (bicyclic) bond motifs is 7. The third-order valence-electron chi connectivity index (χ3n) is 12.6. The summed E-state index contributed by atoms with van der Waals surface area (Å²) >= 11 is 0. The highest BCUT2D eigenvalue weighted by molar-refractivity contribution is 5.90. The summed E-state index contributed by atoms with van der Waals surface area (Å²) in [6.45, 7) is 19.0. The van der Waals surface area contributed by atoms with E-state index in [2.05, 4.69) is 61.5 Å². The van der Waals surface area contributed by atoms with Crippen molar-refractivity contribution < 1.29 is 9.59 Å². The lowest BCUT2D eigenvalue weighted by atomic mass is 9.32. The summed E-state index contributed by atoms with van der Waals surface area (Å²) < 4.78 is 0. The van der Waals surface area contributed by atoms with Crippen LogP contribution in [0.15, 0.2) is 11.6 Å². The summed E-state index contributed by atoms with van der Waals surface area (Å²) in [4.78, 5) is 26.7. The third kappa shape index (κ3) is 2.59. The van der Waals surface area contributed by atoms with E-state index in [0.717, 1.165) is 38.5 Å². The Balaban J connectivity index is 1.60. The van der Waals surface area contributed by atoms with Crippen molar-refractivity contribution in [3.8, 4) is 0 Å². The molecule has 0 unspecified atom stereocenters. The van der Waals surface area contributed by atoms with Crippen LogP contribution >= 0.6 is 0 Å². The molecular weight excluding hydrogens is 392 g/mol. The van der Waals surface area contributed by atoms with Crippen LogP contribution in [0.3, 0.4) is 0 Å². The van der Waals surface area contributed by atoms with E-state index in [0.29, 0.717) is 29.3 Å². The van der Waals surface area contributed by atoms with Gasteiger partial charge in [-0.3, -0.25) is 9.59 Å². The largest absolute Gasteiger partial charge is 0.299 e. The lowest BCUT2D eigenvalue weighted by molar-refractivity contribution is -0.210. The molecule has 0 heterocycles. The van der Waals surface area contributed by atoms with Crippen LogP contribution in [0.5, 0.6) is 0 Å². The minimum atomic E-state index is -0.233. The number of allylic oxidation sites excluding steroid dienone is 2. The number of Topliss-reactive ketones (excluding diaryl/α,β-unsaturated/α-hetero) is 2. The first-order valence-corrected chi connectivity index (χ1v) is 13.4. The summed E-state index contributed by atoms with van der Waals surface area (Å²) in [6, 6.07) is 0. The molecule has 4 saturated carbocycles. The minimum Gasteiger partial charge on any atom is -0.299 e. The number of carbonyl (C=O) groups excluding carboxylic acids is 2. The van der Waals surface area contributed by atoms with Gasteiger partial charge < -0.3 is 0 Å². The van der Waals surface area contributed by atoms with Gasteiger partial charge in [0, 0.05) is 23.7 Å². The highest BCUT2D eigenvalue weighted by Gasteiger charge is 2.70. The summed E-state index contributed by atoms with van der Waals surface area (Å²) in [7, 11) is 0. The summed E-state index contributed by atoms with van der Waals surface area (Å²) in [6.07, 6.45) is 12.0. The molecule has 0 amide bonds. The first kappa shape index (κ1) is 22.9. The van der Waals surface area contributed by atoms with Crippen molar-refractivity contribution in [3.63, 3.8) is 0 Å². The van der Waals surface area contributed by atoms with Crippen LogP contribution in [0.1, 0.15) is 113 Å². The van der Waals surface area contributed by atoms with Gasteiger partial charge in [0.2, 0.25) is 0 Å². The van der Waals surface area contributed by atoms with Crippen LogP contribution in [0.25, 0.3) is 0 Å². The number of ketones is 2. The Morgan fingerprint density at radius 2 is 1.41 bits per heavy atom. The second kappa shape index (κ2) is 6.39. The Labute approximate surface area is 196 Å². The fourth-order valence-electron chi connectivity index (χ4n) is 10.2. The van der Waals surface area contributed by atoms with Gasteiger partial charge in [-0.15, -0.1) is 0 Å². The number of hydrogen-bond acceptors (Lipinski definition) is 2. The smallest absolute Gasteiger partial charge is 0.143 e. The molecule has 178 valence electrons. The summed E-state index contributed by atoms with van der Waals surface area (Å²) in [5, 5.41) is 0. The topological polar surface area (TPSA) is 34.1 Å². The lowest BCUT2D eigenvalue weighted by Crippen LogP contribution is -2.66. The maximum atomic E-state index is 13.9.